The maximum absolute atomic E-state index is 4.35. The average Bonchev–Trinajstić information content (AvgIpc) is 0.855. The summed E-state index contributed by atoms with van der Waals surface area (Å²) in [6, 6.07) is 72.8. The number of pyridine rings is 12. The first-order chi connectivity index (χ1) is 45.7. The van der Waals surface area contributed by atoms with E-state index >= 15 is 0 Å². The summed E-state index contributed by atoms with van der Waals surface area (Å²) in [6.45, 7) is 0. The number of hydrogen-bond donors (Lipinski definition) is 4. The van der Waals surface area contributed by atoms with Crippen molar-refractivity contribution in [1.29, 1.82) is 0 Å². The Morgan fingerprint density at radius 1 is 0.140 bits per heavy atom. The fraction of sp³-hybridized carbons (Fsp3) is 0.0526. The zero-order valence-electron chi connectivity index (χ0n) is 55.4. The third-order valence-electron chi connectivity index (χ3n) is 14.1. The van der Waals surface area contributed by atoms with Crippen molar-refractivity contribution in [2.75, 3.05) is 28.2 Å². The summed E-state index contributed by atoms with van der Waals surface area (Å²) >= 11 is 0. The van der Waals surface area contributed by atoms with Gasteiger partial charge in [-0.2, -0.15) is 0 Å². The Labute approximate surface area is 677 Å². The molecule has 18 rings (SSSR count). The maximum Gasteiger partial charge on any atom is 4.00 e. The van der Waals surface area contributed by atoms with Gasteiger partial charge in [0, 0.05) is 139 Å². The van der Waals surface area contributed by atoms with Gasteiger partial charge in [0.25, 0.3) is 0 Å². The number of hydrogen-bond acceptors (Lipinski definition) is 12. The molecule has 0 saturated heterocycles. The van der Waals surface area contributed by atoms with Crippen LogP contribution in [-0.2, 0) is 0 Å². The molecule has 0 bridgehead atoms. The Kier molecular flexibility index (Phi) is 44.1. The summed E-state index contributed by atoms with van der Waals surface area (Å²) in [5.74, 6) is 0. The van der Waals surface area contributed by atoms with Crippen LogP contribution in [0.5, 0.6) is 0 Å². The van der Waals surface area contributed by atoms with Crippen LogP contribution >= 0.6 is 0 Å². The van der Waals surface area contributed by atoms with Crippen LogP contribution < -0.4 is 22.9 Å². The minimum atomic E-state index is 0. The van der Waals surface area contributed by atoms with E-state index in [0.717, 1.165) is 131 Å². The van der Waals surface area contributed by atoms with Gasteiger partial charge < -0.3 is 125 Å². The van der Waals surface area contributed by atoms with Crippen LogP contribution in [-0.4, -0.2) is 238 Å². The first kappa shape index (κ1) is 90.8. The molecular weight excluding hydrogens is 1850 g/mol. The SMILES string of the molecule is C[NH3+].C[NH3+].C[NH3+].C[NH3+].[Se-2].[Se-2].[Se-2].[Se-2].[Se-2].[Se-2].[Sn+4].[Sn+4].c1cnc2c(c1)ccc1cccnc12.c1cnc2c(c1)ccc1cccnc12.c1cnc2c(c1)ccc1cccnc12.c1cnc2c(c1)ccc1cccnc12.c1cnc2c(c1)ccc1cccnc12.c1cnc2c(c1)ccc1cccnc12. The third kappa shape index (κ3) is 22.9. The van der Waals surface area contributed by atoms with Crippen molar-refractivity contribution in [2.24, 2.45) is 0 Å². The van der Waals surface area contributed by atoms with E-state index in [1.54, 1.807) is 103 Å². The van der Waals surface area contributed by atoms with Gasteiger partial charge >= 0.3 is 47.8 Å². The maximum atomic E-state index is 4.35. The van der Waals surface area contributed by atoms with Crippen LogP contribution in [0.15, 0.2) is 293 Å². The molecule has 0 amide bonds. The van der Waals surface area contributed by atoms with Crippen molar-refractivity contribution >= 4 is 281 Å². The molecule has 0 atom stereocenters. The summed E-state index contributed by atoms with van der Waals surface area (Å²) in [4.78, 5) is 52.2. The molecule has 0 spiro atoms. The molecule has 0 fully saturated rings. The van der Waals surface area contributed by atoms with Crippen molar-refractivity contribution in [2.45, 2.75) is 0 Å². The molecule has 0 aliphatic rings. The van der Waals surface area contributed by atoms with Crippen molar-refractivity contribution in [3.05, 3.63) is 293 Å². The molecule has 16 nitrogen and oxygen atoms in total. The van der Waals surface area contributed by atoms with Crippen LogP contribution in [0.4, 0.5) is 0 Å². The van der Waals surface area contributed by atoms with Gasteiger partial charge in [-0.1, -0.05) is 146 Å². The second-order valence-electron chi connectivity index (χ2n) is 19.3. The molecule has 12 N–H and O–H groups in total. The van der Waals surface area contributed by atoms with E-state index in [2.05, 4.69) is 228 Å². The van der Waals surface area contributed by atoms with Gasteiger partial charge in [-0.05, 0) is 72.8 Å². The molecule has 12 aromatic heterocycles. The topological polar surface area (TPSA) is 265 Å². The molecule has 0 aliphatic heterocycles. The first-order valence-electron chi connectivity index (χ1n) is 30.0. The minimum absolute atomic E-state index is 0. The molecule has 0 unspecified atom stereocenters. The second-order valence-corrected chi connectivity index (χ2v) is 19.3. The Hall–Kier alpha value is -7.21. The number of aromatic nitrogens is 12. The second kappa shape index (κ2) is 48.6. The van der Waals surface area contributed by atoms with Crippen molar-refractivity contribution in [3.8, 4) is 0 Å². The zero-order valence-corrected chi connectivity index (χ0v) is 71.3. The molecule has 100 heavy (non-hydrogen) atoms. The van der Waals surface area contributed by atoms with Gasteiger partial charge in [-0.25, -0.2) is 0 Å². The first-order valence-corrected chi connectivity index (χ1v) is 30.0. The van der Waals surface area contributed by atoms with E-state index in [4.69, 9.17) is 0 Å². The van der Waals surface area contributed by atoms with Crippen LogP contribution in [0.25, 0.3) is 131 Å². The number of rotatable bonds is 0. The van der Waals surface area contributed by atoms with Crippen molar-refractivity contribution in [3.63, 3.8) is 0 Å². The Bertz CT molecular complexity index is 4200. The normalized spacial score (nSPS) is 9.36. The van der Waals surface area contributed by atoms with Crippen LogP contribution in [0.2, 0.25) is 0 Å². The quantitative estimate of drug-likeness (QED) is 0.0818. The van der Waals surface area contributed by atoms with E-state index in [1.165, 1.54) is 0 Å². The summed E-state index contributed by atoms with van der Waals surface area (Å²) in [5, 5.41) is 13.7. The molecule has 18 aromatic rings. The summed E-state index contributed by atoms with van der Waals surface area (Å²) in [7, 11) is 7.00. The number of fused-ring (bicyclic) bond motifs is 18. The molecule has 500 valence electrons. The molecule has 6 aromatic carbocycles. The predicted molar refractivity (Wildman–Crippen MR) is 424 cm³/mol. The van der Waals surface area contributed by atoms with E-state index in [1.807, 2.05) is 72.8 Å². The molecule has 0 radical (unpaired) electrons. The summed E-state index contributed by atoms with van der Waals surface area (Å²) in [5.41, 5.74) is 24.7. The zero-order chi connectivity index (χ0) is 64.3. The van der Waals surface area contributed by atoms with Gasteiger partial charge in [0.05, 0.1) is 94.4 Å². The Morgan fingerprint density at radius 3 is 0.280 bits per heavy atom. The van der Waals surface area contributed by atoms with E-state index in [-0.39, 0.29) is 150 Å². The Balaban J connectivity index is 0.000000579. The van der Waals surface area contributed by atoms with Gasteiger partial charge in [-0.15, -0.1) is 0 Å². The standard InChI is InChI=1S/6C12H8N2.4CH5N.6Se.2Sn/c6*1-3-9-5-6-10-4-2-8-14-12(10)11(9)13-7-1;4*1-2;;;;;;;;/h6*1-8H;4*2H2,1H3;;;;;;;;/q;;;;;;;;;;6*-2;2*+4/p+4. The minimum Gasteiger partial charge on any atom is -2.00 e. The van der Waals surface area contributed by atoms with E-state index in [0.29, 0.717) is 0 Å². The average molecular weight is 1920 g/mol. The molecule has 12 heterocycles. The molecule has 0 saturated carbocycles. The van der Waals surface area contributed by atoms with E-state index < -0.39 is 0 Å². The molecule has 24 heteroatoms. The summed E-state index contributed by atoms with van der Waals surface area (Å²) < 4.78 is 0. The van der Waals surface area contributed by atoms with Gasteiger partial charge in [0.2, 0.25) is 0 Å². The van der Waals surface area contributed by atoms with E-state index in [9.17, 15) is 0 Å². The van der Waals surface area contributed by atoms with Crippen LogP contribution in [0.1, 0.15) is 0 Å². The predicted octanol–water partition coefficient (Wildman–Crippen LogP) is 9.08. The Morgan fingerprint density at radius 2 is 0.210 bits per heavy atom. The third-order valence-corrected chi connectivity index (χ3v) is 14.1. The number of quaternary nitrogens is 4. The van der Waals surface area contributed by atoms with Crippen molar-refractivity contribution < 1.29 is 22.9 Å². The summed E-state index contributed by atoms with van der Waals surface area (Å²) in [6.07, 6.45) is 21.6. The largest absolute Gasteiger partial charge is 4.00 e. The van der Waals surface area contributed by atoms with Crippen molar-refractivity contribution in [1.82, 2.24) is 59.8 Å². The number of benzene rings is 6. The van der Waals surface area contributed by atoms with Gasteiger partial charge in [0.1, 0.15) is 0 Å². The number of nitrogens with zero attached hydrogens (tertiary/aromatic N) is 12. The van der Waals surface area contributed by atoms with Crippen LogP contribution in [0, 0.1) is 0 Å². The van der Waals surface area contributed by atoms with Crippen LogP contribution in [0.3, 0.4) is 0 Å². The van der Waals surface area contributed by atoms with Gasteiger partial charge in [0.15, 0.2) is 0 Å². The fourth-order valence-electron chi connectivity index (χ4n) is 10.1. The fourth-order valence-corrected chi connectivity index (χ4v) is 10.1. The smallest absolute Gasteiger partial charge is 2.00 e. The molecular formula is C76H72N16Se6Sn2. The monoisotopic (exact) mass is 1930 g/mol. The van der Waals surface area contributed by atoms with Gasteiger partial charge in [-0.3, -0.25) is 59.8 Å². The molecule has 0 aliphatic carbocycles.